The zero-order chi connectivity index (χ0) is 16.9. The Hall–Kier alpha value is -2.97. The molecule has 1 aliphatic rings. The van der Waals surface area contributed by atoms with Gasteiger partial charge in [-0.05, 0) is 24.3 Å². The number of halogens is 1. The number of carbonyl (C=O) groups excluding carboxylic acids is 1. The normalized spacial score (nSPS) is 13.1. The molecule has 0 radical (unpaired) electrons. The number of amides is 1. The van der Waals surface area contributed by atoms with Crippen LogP contribution >= 0.6 is 11.6 Å². The van der Waals surface area contributed by atoms with E-state index in [0.717, 1.165) is 0 Å². The number of rotatable bonds is 3. The first-order valence-corrected chi connectivity index (χ1v) is 7.63. The van der Waals surface area contributed by atoms with Crippen LogP contribution in [0.1, 0.15) is 5.56 Å². The molecule has 0 aliphatic carbocycles. The maximum absolute atomic E-state index is 12.3. The lowest BCUT2D eigenvalue weighted by molar-refractivity contribution is -0.112. The second kappa shape index (κ2) is 7.07. The van der Waals surface area contributed by atoms with E-state index in [1.165, 1.54) is 6.08 Å². The van der Waals surface area contributed by atoms with Crippen molar-refractivity contribution in [2.45, 2.75) is 0 Å². The summed E-state index contributed by atoms with van der Waals surface area (Å²) < 4.78 is 11.1. The second-order valence-electron chi connectivity index (χ2n) is 4.98. The van der Waals surface area contributed by atoms with Crippen molar-refractivity contribution in [2.75, 3.05) is 18.5 Å². The monoisotopic (exact) mass is 340 g/mol. The number of hydrogen-bond donors (Lipinski definition) is 1. The highest BCUT2D eigenvalue weighted by molar-refractivity contribution is 6.34. The molecule has 2 aromatic rings. The molecule has 0 bridgehead atoms. The van der Waals surface area contributed by atoms with E-state index in [2.05, 4.69) is 5.32 Å². The van der Waals surface area contributed by atoms with Crippen molar-refractivity contribution in [1.82, 2.24) is 0 Å². The zero-order valence-electron chi connectivity index (χ0n) is 12.6. The lowest BCUT2D eigenvalue weighted by atomic mass is 10.1. The molecule has 120 valence electrons. The smallest absolute Gasteiger partial charge is 0.266 e. The van der Waals surface area contributed by atoms with Crippen LogP contribution in [0.2, 0.25) is 5.02 Å². The topological polar surface area (TPSA) is 71.3 Å². The van der Waals surface area contributed by atoms with E-state index < -0.39 is 5.91 Å². The fraction of sp³-hybridized carbons (Fsp3) is 0.111. The summed E-state index contributed by atoms with van der Waals surface area (Å²) >= 11 is 6.02. The summed E-state index contributed by atoms with van der Waals surface area (Å²) in [5.41, 5.74) is 0.996. The summed E-state index contributed by atoms with van der Waals surface area (Å²) in [4.78, 5) is 12.3. The minimum absolute atomic E-state index is 0.0579. The van der Waals surface area contributed by atoms with Crippen LogP contribution in [0, 0.1) is 11.3 Å². The Balaban J connectivity index is 1.89. The summed E-state index contributed by atoms with van der Waals surface area (Å²) in [5.74, 6) is 0.584. The SMILES string of the molecule is N#C/C(=C/c1cccc2c1OCCO2)C(=O)Nc1ccccc1Cl. The Kier molecular flexibility index (Phi) is 4.69. The quantitative estimate of drug-likeness (QED) is 0.683. The van der Waals surface area contributed by atoms with E-state index in [4.69, 9.17) is 21.1 Å². The van der Waals surface area contributed by atoms with E-state index in [0.29, 0.717) is 41.0 Å². The van der Waals surface area contributed by atoms with E-state index >= 15 is 0 Å². The van der Waals surface area contributed by atoms with Gasteiger partial charge in [0.15, 0.2) is 11.5 Å². The van der Waals surface area contributed by atoms with E-state index in [-0.39, 0.29) is 5.57 Å². The van der Waals surface area contributed by atoms with Crippen LogP contribution in [0.5, 0.6) is 11.5 Å². The first-order valence-electron chi connectivity index (χ1n) is 7.25. The predicted molar refractivity (Wildman–Crippen MR) is 91.1 cm³/mol. The number of ether oxygens (including phenoxy) is 2. The predicted octanol–water partition coefficient (Wildman–Crippen LogP) is 3.66. The van der Waals surface area contributed by atoms with Crippen molar-refractivity contribution in [3.8, 4) is 17.6 Å². The van der Waals surface area contributed by atoms with Crippen molar-refractivity contribution in [3.63, 3.8) is 0 Å². The highest BCUT2D eigenvalue weighted by Gasteiger charge is 2.17. The van der Waals surface area contributed by atoms with Crippen molar-refractivity contribution < 1.29 is 14.3 Å². The Bertz CT molecular complexity index is 856. The third kappa shape index (κ3) is 3.34. The Morgan fingerprint density at radius 2 is 1.96 bits per heavy atom. The highest BCUT2D eigenvalue weighted by Crippen LogP contribution is 2.35. The fourth-order valence-corrected chi connectivity index (χ4v) is 2.45. The number of anilines is 1. The molecule has 0 saturated heterocycles. The first-order chi connectivity index (χ1) is 11.7. The standard InChI is InChI=1S/C18H13ClN2O3/c19-14-5-1-2-6-15(14)21-18(22)13(11-20)10-12-4-3-7-16-17(12)24-9-8-23-16/h1-7,10H,8-9H2,(H,21,22)/b13-10-. The second-order valence-corrected chi connectivity index (χ2v) is 5.38. The maximum Gasteiger partial charge on any atom is 0.266 e. The minimum Gasteiger partial charge on any atom is -0.486 e. The fourth-order valence-electron chi connectivity index (χ4n) is 2.27. The van der Waals surface area contributed by atoms with Gasteiger partial charge in [0.25, 0.3) is 5.91 Å². The molecular formula is C18H13ClN2O3. The molecule has 1 amide bonds. The number of nitriles is 1. The molecule has 0 fully saturated rings. The lowest BCUT2D eigenvalue weighted by Gasteiger charge is -2.19. The van der Waals surface area contributed by atoms with Crippen molar-refractivity contribution in [3.05, 3.63) is 58.6 Å². The van der Waals surface area contributed by atoms with Crippen LogP contribution < -0.4 is 14.8 Å². The number of carbonyl (C=O) groups is 1. The molecule has 0 unspecified atom stereocenters. The maximum atomic E-state index is 12.3. The van der Waals surface area contributed by atoms with Crippen LogP contribution in [0.15, 0.2) is 48.0 Å². The van der Waals surface area contributed by atoms with Crippen molar-refractivity contribution in [2.24, 2.45) is 0 Å². The highest BCUT2D eigenvalue weighted by atomic mass is 35.5. The number of hydrogen-bond acceptors (Lipinski definition) is 4. The van der Waals surface area contributed by atoms with Gasteiger partial charge in [-0.25, -0.2) is 0 Å². The Labute approximate surface area is 144 Å². The van der Waals surface area contributed by atoms with Crippen LogP contribution in [-0.4, -0.2) is 19.1 Å². The summed E-state index contributed by atoms with van der Waals surface area (Å²) in [6, 6.07) is 14.0. The van der Waals surface area contributed by atoms with Gasteiger partial charge in [-0.15, -0.1) is 0 Å². The number of fused-ring (bicyclic) bond motifs is 1. The van der Waals surface area contributed by atoms with E-state index in [9.17, 15) is 10.1 Å². The largest absolute Gasteiger partial charge is 0.486 e. The summed E-state index contributed by atoms with van der Waals surface area (Å²) in [7, 11) is 0. The molecule has 2 aromatic carbocycles. The van der Waals surface area contributed by atoms with Crippen LogP contribution in [0.4, 0.5) is 5.69 Å². The molecule has 1 heterocycles. The molecule has 6 heteroatoms. The lowest BCUT2D eigenvalue weighted by Crippen LogP contribution is -2.16. The van der Waals surface area contributed by atoms with Gasteiger partial charge in [-0.2, -0.15) is 5.26 Å². The number of para-hydroxylation sites is 2. The molecule has 3 rings (SSSR count). The average molecular weight is 341 g/mol. The Morgan fingerprint density at radius 3 is 2.75 bits per heavy atom. The van der Waals surface area contributed by atoms with Crippen LogP contribution in [0.25, 0.3) is 6.08 Å². The molecule has 0 saturated carbocycles. The van der Waals surface area contributed by atoms with Gasteiger partial charge < -0.3 is 14.8 Å². The van der Waals surface area contributed by atoms with E-state index in [1.54, 1.807) is 42.5 Å². The summed E-state index contributed by atoms with van der Waals surface area (Å²) in [6.07, 6.45) is 1.47. The van der Waals surface area contributed by atoms with Gasteiger partial charge in [0.05, 0.1) is 10.7 Å². The molecule has 1 N–H and O–H groups in total. The molecule has 1 aliphatic heterocycles. The number of nitrogens with zero attached hydrogens (tertiary/aromatic N) is 1. The van der Waals surface area contributed by atoms with Gasteiger partial charge in [-0.3, -0.25) is 4.79 Å². The number of nitrogens with one attached hydrogen (secondary N) is 1. The first kappa shape index (κ1) is 15.9. The van der Waals surface area contributed by atoms with Gasteiger partial charge in [0, 0.05) is 5.56 Å². The Morgan fingerprint density at radius 1 is 1.17 bits per heavy atom. The average Bonchev–Trinajstić information content (AvgIpc) is 2.61. The third-order valence-electron chi connectivity index (χ3n) is 3.38. The third-order valence-corrected chi connectivity index (χ3v) is 3.71. The molecule has 5 nitrogen and oxygen atoms in total. The van der Waals surface area contributed by atoms with Crippen molar-refractivity contribution in [1.29, 1.82) is 5.26 Å². The van der Waals surface area contributed by atoms with Gasteiger partial charge in [-0.1, -0.05) is 35.9 Å². The molecule has 0 aromatic heterocycles. The number of benzene rings is 2. The minimum atomic E-state index is -0.542. The van der Waals surface area contributed by atoms with Crippen LogP contribution in [-0.2, 0) is 4.79 Å². The summed E-state index contributed by atoms with van der Waals surface area (Å²) in [5, 5.41) is 12.4. The van der Waals surface area contributed by atoms with Crippen LogP contribution in [0.3, 0.4) is 0 Å². The summed E-state index contributed by atoms with van der Waals surface area (Å²) in [6.45, 7) is 0.893. The van der Waals surface area contributed by atoms with Gasteiger partial charge in [0.1, 0.15) is 24.9 Å². The van der Waals surface area contributed by atoms with Gasteiger partial charge >= 0.3 is 0 Å². The zero-order valence-corrected chi connectivity index (χ0v) is 13.3. The van der Waals surface area contributed by atoms with Gasteiger partial charge in [0.2, 0.25) is 0 Å². The van der Waals surface area contributed by atoms with Crippen molar-refractivity contribution >= 4 is 29.3 Å². The van der Waals surface area contributed by atoms with E-state index in [1.807, 2.05) is 6.07 Å². The molecule has 24 heavy (non-hydrogen) atoms. The molecule has 0 atom stereocenters. The molecular weight excluding hydrogens is 328 g/mol. The molecule has 0 spiro atoms.